The van der Waals surface area contributed by atoms with Gasteiger partial charge in [0.15, 0.2) is 6.29 Å². The molecule has 0 unspecified atom stereocenters. The second-order valence-corrected chi connectivity index (χ2v) is 16.1. The fraction of sp³-hybridized carbons (Fsp3) is 0.522. The van der Waals surface area contributed by atoms with Crippen LogP contribution in [-0.2, 0) is 9.47 Å². The summed E-state index contributed by atoms with van der Waals surface area (Å²) in [5.41, 5.74) is 7.03. The average molecular weight is 733 g/mol. The maximum atomic E-state index is 10.7. The summed E-state index contributed by atoms with van der Waals surface area (Å²) in [4.78, 5) is 0. The van der Waals surface area contributed by atoms with Gasteiger partial charge in [0.2, 0.25) is 0 Å². The van der Waals surface area contributed by atoms with Gasteiger partial charge in [-0.2, -0.15) is 0 Å². The molecule has 0 aromatic carbocycles. The number of allylic oxidation sites excluding steroid dienone is 21. The molecule has 5 N–H and O–H groups in total. The van der Waals surface area contributed by atoms with Gasteiger partial charge in [-0.25, -0.2) is 0 Å². The molecule has 0 spiro atoms. The number of aliphatic hydroxyl groups excluding tert-OH is 4. The van der Waals surface area contributed by atoms with Crippen molar-refractivity contribution in [1.29, 1.82) is 0 Å². The van der Waals surface area contributed by atoms with Crippen molar-refractivity contribution in [3.8, 4) is 0 Å². The van der Waals surface area contributed by atoms with E-state index in [9.17, 15) is 25.5 Å². The first kappa shape index (κ1) is 46.0. The van der Waals surface area contributed by atoms with Crippen LogP contribution < -0.4 is 0 Å². The molecule has 1 saturated heterocycles. The van der Waals surface area contributed by atoms with Crippen LogP contribution in [0.25, 0.3) is 0 Å². The summed E-state index contributed by atoms with van der Waals surface area (Å²) < 4.78 is 11.5. The standard InChI is InChI=1S/C46H68O7/c1-31(17-12-13-18-32(2)20-15-23-34(4)25-27-39-36(6)29-38(47)30-45(39,8)9)19-14-21-33(3)22-16-24-35(5)26-28-40(46(10,11)51)53-44-43(50)42(49)41(48)37(7)52-44/h12-25,27,37-38,40-44,47-51H,26,28-30H2,1-11H3/b13-12+,19-14+,20-15+,22-16+,27-25+,31-17+,32-18+,33-21+,34-23+,35-24+/t37-,38+,40-,41+,42+,43-,44-/m0/s1. The minimum Gasteiger partial charge on any atom is -0.393 e. The molecule has 0 aromatic rings. The Balaban J connectivity index is 1.86. The van der Waals surface area contributed by atoms with E-state index in [1.165, 1.54) is 16.7 Å². The van der Waals surface area contributed by atoms with Gasteiger partial charge < -0.3 is 35.0 Å². The lowest BCUT2D eigenvalue weighted by Crippen LogP contribution is -2.59. The van der Waals surface area contributed by atoms with Gasteiger partial charge in [-0.05, 0) is 99.0 Å². The number of hydrogen-bond donors (Lipinski definition) is 5. The van der Waals surface area contributed by atoms with E-state index < -0.39 is 42.4 Å². The fourth-order valence-electron chi connectivity index (χ4n) is 6.42. The Morgan fingerprint density at radius 1 is 0.774 bits per heavy atom. The van der Waals surface area contributed by atoms with Gasteiger partial charge in [-0.15, -0.1) is 0 Å². The minimum atomic E-state index is -1.42. The van der Waals surface area contributed by atoms with Crippen LogP contribution in [0.2, 0.25) is 0 Å². The number of aliphatic hydroxyl groups is 5. The Morgan fingerprint density at radius 3 is 1.77 bits per heavy atom. The predicted molar refractivity (Wildman–Crippen MR) is 219 cm³/mol. The van der Waals surface area contributed by atoms with Crippen molar-refractivity contribution in [1.82, 2.24) is 0 Å². The van der Waals surface area contributed by atoms with E-state index in [1.807, 2.05) is 50.3 Å². The molecule has 294 valence electrons. The molecule has 7 nitrogen and oxygen atoms in total. The van der Waals surface area contributed by atoms with E-state index in [0.717, 1.165) is 35.1 Å². The van der Waals surface area contributed by atoms with E-state index in [2.05, 4.69) is 96.2 Å². The van der Waals surface area contributed by atoms with E-state index in [1.54, 1.807) is 20.8 Å². The van der Waals surface area contributed by atoms with Gasteiger partial charge in [-0.1, -0.05) is 138 Å². The molecule has 1 aliphatic carbocycles. The van der Waals surface area contributed by atoms with Gasteiger partial charge in [0.1, 0.15) is 18.3 Å². The lowest BCUT2D eigenvalue weighted by atomic mass is 9.71. The Labute approximate surface area is 320 Å². The average Bonchev–Trinajstić information content (AvgIpc) is 3.04. The van der Waals surface area contributed by atoms with Crippen molar-refractivity contribution < 1.29 is 35.0 Å². The molecule has 1 fully saturated rings. The zero-order valence-electron chi connectivity index (χ0n) is 34.1. The summed E-state index contributed by atoms with van der Waals surface area (Å²) in [6.45, 7) is 21.7. The largest absolute Gasteiger partial charge is 0.393 e. The molecule has 7 atom stereocenters. The van der Waals surface area contributed by atoms with Crippen LogP contribution in [0.15, 0.2) is 130 Å². The summed E-state index contributed by atoms with van der Waals surface area (Å²) in [7, 11) is 0. The normalized spacial score (nSPS) is 28.2. The first-order valence-electron chi connectivity index (χ1n) is 18.9. The molecule has 53 heavy (non-hydrogen) atoms. The molecule has 0 amide bonds. The van der Waals surface area contributed by atoms with E-state index in [0.29, 0.717) is 12.8 Å². The van der Waals surface area contributed by atoms with E-state index in [4.69, 9.17) is 9.47 Å². The number of rotatable bonds is 16. The Morgan fingerprint density at radius 2 is 1.26 bits per heavy atom. The third-order valence-electron chi connectivity index (χ3n) is 9.69. The molecular weight excluding hydrogens is 664 g/mol. The number of hydrogen-bond acceptors (Lipinski definition) is 7. The first-order chi connectivity index (χ1) is 24.7. The van der Waals surface area contributed by atoms with Crippen LogP contribution in [0, 0.1) is 5.41 Å². The highest BCUT2D eigenvalue weighted by Crippen LogP contribution is 2.41. The van der Waals surface area contributed by atoms with Gasteiger partial charge in [0, 0.05) is 0 Å². The summed E-state index contributed by atoms with van der Waals surface area (Å²) >= 11 is 0. The summed E-state index contributed by atoms with van der Waals surface area (Å²) in [5, 5.41) is 51.3. The highest BCUT2D eigenvalue weighted by molar-refractivity contribution is 5.38. The monoisotopic (exact) mass is 732 g/mol. The molecule has 2 rings (SSSR count). The SMILES string of the molecule is CC1=C(/C=C/C(C)=C/C=C/C(C)=C/C=C/C=C(C)/C=C/C=C(C)/C=C/C=C(\C)CC[C@H](O[C@@H]2O[C@@H](C)[C@@H](O)[C@@H](O)[C@@H]2O)C(C)(C)O)C(C)(C)C[C@H](O)C1. The Bertz CT molecular complexity index is 1530. The molecule has 7 heteroatoms. The molecule has 0 radical (unpaired) electrons. The maximum Gasteiger partial charge on any atom is 0.186 e. The van der Waals surface area contributed by atoms with Crippen LogP contribution in [-0.4, -0.2) is 74.0 Å². The van der Waals surface area contributed by atoms with Crippen LogP contribution in [0.5, 0.6) is 0 Å². The molecular formula is C46H68O7. The Hall–Kier alpha value is -3.14. The Kier molecular flexibility index (Phi) is 18.8. The molecule has 0 saturated carbocycles. The molecule has 2 aliphatic rings. The van der Waals surface area contributed by atoms with Crippen molar-refractivity contribution in [3.63, 3.8) is 0 Å². The van der Waals surface area contributed by atoms with E-state index >= 15 is 0 Å². The molecule has 1 aliphatic heterocycles. The highest BCUT2D eigenvalue weighted by Gasteiger charge is 2.44. The topological polar surface area (TPSA) is 120 Å². The maximum absolute atomic E-state index is 10.7. The predicted octanol–water partition coefficient (Wildman–Crippen LogP) is 8.76. The third-order valence-corrected chi connectivity index (χ3v) is 9.69. The fourth-order valence-corrected chi connectivity index (χ4v) is 6.42. The quantitative estimate of drug-likeness (QED) is 0.101. The van der Waals surface area contributed by atoms with Crippen molar-refractivity contribution >= 4 is 0 Å². The second kappa shape index (κ2) is 21.7. The van der Waals surface area contributed by atoms with Crippen LogP contribution in [0.3, 0.4) is 0 Å². The van der Waals surface area contributed by atoms with E-state index in [-0.39, 0.29) is 11.5 Å². The van der Waals surface area contributed by atoms with Crippen molar-refractivity contribution in [2.45, 2.75) is 150 Å². The zero-order chi connectivity index (χ0) is 39.9. The van der Waals surface area contributed by atoms with Crippen molar-refractivity contribution in [3.05, 3.63) is 130 Å². The van der Waals surface area contributed by atoms with Crippen LogP contribution in [0.4, 0.5) is 0 Å². The second-order valence-electron chi connectivity index (χ2n) is 16.1. The summed E-state index contributed by atoms with van der Waals surface area (Å²) in [6, 6.07) is 0. The molecule has 0 bridgehead atoms. The highest BCUT2D eigenvalue weighted by atomic mass is 16.7. The summed E-state index contributed by atoms with van der Waals surface area (Å²) in [5.74, 6) is 0. The minimum absolute atomic E-state index is 0.0168. The molecule has 0 aromatic heterocycles. The third kappa shape index (κ3) is 16.4. The van der Waals surface area contributed by atoms with Gasteiger partial charge in [0.25, 0.3) is 0 Å². The smallest absolute Gasteiger partial charge is 0.186 e. The first-order valence-corrected chi connectivity index (χ1v) is 18.9. The van der Waals surface area contributed by atoms with Crippen LogP contribution in [0.1, 0.15) is 102 Å². The van der Waals surface area contributed by atoms with Crippen LogP contribution >= 0.6 is 0 Å². The van der Waals surface area contributed by atoms with Gasteiger partial charge >= 0.3 is 0 Å². The number of ether oxygens (including phenoxy) is 2. The van der Waals surface area contributed by atoms with Gasteiger partial charge in [0.05, 0.1) is 23.9 Å². The van der Waals surface area contributed by atoms with Gasteiger partial charge in [-0.3, -0.25) is 0 Å². The summed E-state index contributed by atoms with van der Waals surface area (Å²) in [6.07, 6.45) is 27.0. The van der Waals surface area contributed by atoms with Crippen molar-refractivity contribution in [2.75, 3.05) is 0 Å². The lowest BCUT2D eigenvalue weighted by molar-refractivity contribution is -0.315. The molecule has 1 heterocycles. The zero-order valence-corrected chi connectivity index (χ0v) is 34.1. The van der Waals surface area contributed by atoms with Crippen molar-refractivity contribution in [2.24, 2.45) is 5.41 Å². The lowest BCUT2D eigenvalue weighted by Gasteiger charge is -2.42.